The summed E-state index contributed by atoms with van der Waals surface area (Å²) in [7, 11) is 1.64. The van der Waals surface area contributed by atoms with Crippen LogP contribution in [-0.4, -0.2) is 18.8 Å². The van der Waals surface area contributed by atoms with Gasteiger partial charge >= 0.3 is 6.09 Å². The second kappa shape index (κ2) is 7.72. The van der Waals surface area contributed by atoms with Crippen LogP contribution in [-0.2, 0) is 11.2 Å². The van der Waals surface area contributed by atoms with Crippen molar-refractivity contribution in [2.45, 2.75) is 45.3 Å². The molecule has 4 nitrogen and oxygen atoms in total. The Kier molecular flexibility index (Phi) is 5.73. The molecule has 2 aromatic carbocycles. The highest BCUT2D eigenvalue weighted by Crippen LogP contribution is 2.44. The molecule has 2 aromatic rings. The lowest BCUT2D eigenvalue weighted by Crippen LogP contribution is -2.42. The van der Waals surface area contributed by atoms with Gasteiger partial charge in [0.05, 0.1) is 18.8 Å². The van der Waals surface area contributed by atoms with Crippen LogP contribution in [0, 0.1) is 0 Å². The van der Waals surface area contributed by atoms with Crippen LogP contribution in [0.2, 0.25) is 5.02 Å². The molecule has 0 spiro atoms. The van der Waals surface area contributed by atoms with Crippen molar-refractivity contribution >= 4 is 39.3 Å². The second-order valence-corrected chi connectivity index (χ2v) is 8.86. The Balaban J connectivity index is 2.07. The van der Waals surface area contributed by atoms with Crippen LogP contribution in [0.25, 0.3) is 0 Å². The molecule has 27 heavy (non-hydrogen) atoms. The number of anilines is 1. The van der Waals surface area contributed by atoms with Crippen LogP contribution >= 0.6 is 27.5 Å². The highest BCUT2D eigenvalue weighted by Gasteiger charge is 2.36. The molecular formula is C21H23BrClNO3. The van der Waals surface area contributed by atoms with Gasteiger partial charge in [-0.1, -0.05) is 23.7 Å². The van der Waals surface area contributed by atoms with E-state index in [1.807, 2.05) is 57.2 Å². The van der Waals surface area contributed by atoms with Crippen LogP contribution in [0.15, 0.2) is 40.9 Å². The fourth-order valence-electron chi connectivity index (χ4n) is 3.33. The van der Waals surface area contributed by atoms with Crippen molar-refractivity contribution < 1.29 is 14.3 Å². The molecule has 0 N–H and O–H groups in total. The number of halogens is 2. The van der Waals surface area contributed by atoms with Crippen LogP contribution in [0.3, 0.4) is 0 Å². The SMILES string of the molecule is COc1ccc(C2CCc3cc(Cl)cc(Br)c3N2C(=O)OC(C)(C)C)cc1. The molecule has 0 fully saturated rings. The number of carbonyl (C=O) groups is 1. The number of carbonyl (C=O) groups excluding carboxylic acids is 1. The Morgan fingerprint density at radius 3 is 2.48 bits per heavy atom. The van der Waals surface area contributed by atoms with Gasteiger partial charge in [-0.05, 0) is 84.9 Å². The zero-order chi connectivity index (χ0) is 19.8. The van der Waals surface area contributed by atoms with Crippen LogP contribution < -0.4 is 9.64 Å². The monoisotopic (exact) mass is 451 g/mol. The van der Waals surface area contributed by atoms with Crippen molar-refractivity contribution in [3.05, 3.63) is 57.0 Å². The third-order valence-electron chi connectivity index (χ3n) is 4.44. The van der Waals surface area contributed by atoms with Gasteiger partial charge in [0.15, 0.2) is 0 Å². The number of hydrogen-bond donors (Lipinski definition) is 0. The minimum Gasteiger partial charge on any atom is -0.497 e. The Hall–Kier alpha value is -1.72. The molecule has 1 unspecified atom stereocenters. The van der Waals surface area contributed by atoms with E-state index < -0.39 is 5.60 Å². The third-order valence-corrected chi connectivity index (χ3v) is 5.26. The van der Waals surface area contributed by atoms with Gasteiger partial charge in [-0.25, -0.2) is 4.79 Å². The summed E-state index contributed by atoms with van der Waals surface area (Å²) in [6.07, 6.45) is 1.24. The van der Waals surface area contributed by atoms with Gasteiger partial charge in [0, 0.05) is 9.50 Å². The molecular weight excluding hydrogens is 430 g/mol. The molecule has 0 bridgehead atoms. The number of hydrogen-bond acceptors (Lipinski definition) is 3. The summed E-state index contributed by atoms with van der Waals surface area (Å²) in [5.74, 6) is 0.784. The summed E-state index contributed by atoms with van der Waals surface area (Å²) in [6.45, 7) is 5.61. The highest BCUT2D eigenvalue weighted by molar-refractivity contribution is 9.10. The van der Waals surface area contributed by atoms with Crippen molar-refractivity contribution in [2.24, 2.45) is 0 Å². The lowest BCUT2D eigenvalue weighted by molar-refractivity contribution is 0.0559. The first-order valence-electron chi connectivity index (χ1n) is 8.83. The molecule has 0 aliphatic carbocycles. The molecule has 6 heteroatoms. The van der Waals surface area contributed by atoms with E-state index in [2.05, 4.69) is 15.9 Å². The standard InChI is InChI=1S/C21H23BrClNO3/c1-21(2,3)27-20(25)24-18(13-5-8-16(26-4)9-6-13)10-7-14-11-15(23)12-17(22)19(14)24/h5-6,8-9,11-12,18H,7,10H2,1-4H3. The predicted molar refractivity (Wildman–Crippen MR) is 112 cm³/mol. The summed E-state index contributed by atoms with van der Waals surface area (Å²) < 4.78 is 11.8. The fraction of sp³-hybridized carbons (Fsp3) is 0.381. The fourth-order valence-corrected chi connectivity index (χ4v) is 4.39. The second-order valence-electron chi connectivity index (χ2n) is 7.57. The summed E-state index contributed by atoms with van der Waals surface area (Å²) in [6, 6.07) is 11.4. The lowest BCUT2D eigenvalue weighted by atomic mass is 9.91. The van der Waals surface area contributed by atoms with Crippen molar-refractivity contribution in [1.29, 1.82) is 0 Å². The van der Waals surface area contributed by atoms with Crippen molar-refractivity contribution in [3.63, 3.8) is 0 Å². The number of fused-ring (bicyclic) bond motifs is 1. The topological polar surface area (TPSA) is 38.8 Å². The minimum atomic E-state index is -0.585. The van der Waals surface area contributed by atoms with E-state index in [0.29, 0.717) is 5.02 Å². The molecule has 0 aromatic heterocycles. The van der Waals surface area contributed by atoms with E-state index in [0.717, 1.165) is 39.9 Å². The van der Waals surface area contributed by atoms with E-state index in [-0.39, 0.29) is 12.1 Å². The zero-order valence-electron chi connectivity index (χ0n) is 15.9. The molecule has 144 valence electrons. The summed E-state index contributed by atoms with van der Waals surface area (Å²) in [5, 5.41) is 0.646. The Morgan fingerprint density at radius 1 is 1.22 bits per heavy atom. The summed E-state index contributed by atoms with van der Waals surface area (Å²) in [4.78, 5) is 14.9. The molecule has 1 heterocycles. The van der Waals surface area contributed by atoms with Gasteiger partial charge in [-0.15, -0.1) is 0 Å². The number of rotatable bonds is 2. The van der Waals surface area contributed by atoms with E-state index in [1.165, 1.54) is 0 Å². The van der Waals surface area contributed by atoms with Crippen LogP contribution in [0.5, 0.6) is 5.75 Å². The molecule has 0 saturated heterocycles. The zero-order valence-corrected chi connectivity index (χ0v) is 18.2. The maximum Gasteiger partial charge on any atom is 0.415 e. The number of aryl methyl sites for hydroxylation is 1. The first kappa shape index (κ1) is 20.0. The molecule has 0 saturated carbocycles. The Labute approximate surface area is 173 Å². The first-order valence-corrected chi connectivity index (χ1v) is 10.0. The largest absolute Gasteiger partial charge is 0.497 e. The average molecular weight is 453 g/mol. The van der Waals surface area contributed by atoms with Crippen molar-refractivity contribution in [3.8, 4) is 5.75 Å². The highest BCUT2D eigenvalue weighted by atomic mass is 79.9. The smallest absolute Gasteiger partial charge is 0.415 e. The van der Waals surface area contributed by atoms with Gasteiger partial charge in [-0.3, -0.25) is 4.90 Å². The summed E-state index contributed by atoms with van der Waals surface area (Å²) in [5.41, 5.74) is 2.30. The number of ether oxygens (including phenoxy) is 2. The maximum atomic E-state index is 13.1. The molecule has 3 rings (SSSR count). The van der Waals surface area contributed by atoms with Crippen LogP contribution in [0.4, 0.5) is 10.5 Å². The lowest BCUT2D eigenvalue weighted by Gasteiger charge is -2.39. The average Bonchev–Trinajstić information content (AvgIpc) is 2.59. The van der Waals surface area contributed by atoms with Crippen LogP contribution in [0.1, 0.15) is 44.4 Å². The van der Waals surface area contributed by atoms with E-state index in [4.69, 9.17) is 21.1 Å². The van der Waals surface area contributed by atoms with Gasteiger partial charge in [-0.2, -0.15) is 0 Å². The quantitative estimate of drug-likeness (QED) is 0.519. The van der Waals surface area contributed by atoms with Gasteiger partial charge < -0.3 is 9.47 Å². The molecule has 0 radical (unpaired) electrons. The number of methoxy groups -OCH3 is 1. The van der Waals surface area contributed by atoms with E-state index in [1.54, 1.807) is 12.0 Å². The predicted octanol–water partition coefficient (Wildman–Crippen LogP) is 6.54. The van der Waals surface area contributed by atoms with Crippen molar-refractivity contribution in [2.75, 3.05) is 12.0 Å². The van der Waals surface area contributed by atoms with E-state index >= 15 is 0 Å². The summed E-state index contributed by atoms with van der Waals surface area (Å²) >= 11 is 9.81. The normalized spacial score (nSPS) is 16.7. The Morgan fingerprint density at radius 2 is 1.89 bits per heavy atom. The molecule has 1 aliphatic heterocycles. The first-order chi connectivity index (χ1) is 12.7. The van der Waals surface area contributed by atoms with Gasteiger partial charge in [0.25, 0.3) is 0 Å². The van der Waals surface area contributed by atoms with Crippen molar-refractivity contribution in [1.82, 2.24) is 0 Å². The van der Waals surface area contributed by atoms with Gasteiger partial charge in [0.1, 0.15) is 11.4 Å². The Bertz CT molecular complexity index is 846. The van der Waals surface area contributed by atoms with Gasteiger partial charge in [0.2, 0.25) is 0 Å². The molecule has 1 aliphatic rings. The minimum absolute atomic E-state index is 0.129. The number of benzene rings is 2. The maximum absolute atomic E-state index is 13.1. The van der Waals surface area contributed by atoms with E-state index in [9.17, 15) is 4.79 Å². The number of amides is 1. The third kappa shape index (κ3) is 4.41. The molecule has 1 atom stereocenters. The number of nitrogens with zero attached hydrogens (tertiary/aromatic N) is 1. The molecule has 1 amide bonds.